The van der Waals surface area contributed by atoms with E-state index < -0.39 is 0 Å². The van der Waals surface area contributed by atoms with Crippen molar-refractivity contribution in [2.24, 2.45) is 0 Å². The zero-order valence-corrected chi connectivity index (χ0v) is 11.4. The van der Waals surface area contributed by atoms with Gasteiger partial charge in [-0.25, -0.2) is 0 Å². The van der Waals surface area contributed by atoms with Gasteiger partial charge in [-0.05, 0) is 29.2 Å². The van der Waals surface area contributed by atoms with Crippen LogP contribution in [0, 0.1) is 6.07 Å². The molecule has 0 unspecified atom stereocenters. The Morgan fingerprint density at radius 3 is 1.70 bits per heavy atom. The lowest BCUT2D eigenvalue weighted by atomic mass is 9.86. The lowest BCUT2D eigenvalue weighted by Gasteiger charge is -2.18. The molecule has 0 saturated carbocycles. The van der Waals surface area contributed by atoms with Crippen molar-refractivity contribution in [1.82, 2.24) is 0 Å². The van der Waals surface area contributed by atoms with Gasteiger partial charge in [0, 0.05) is 5.92 Å². The van der Waals surface area contributed by atoms with Crippen molar-refractivity contribution >= 4 is 0 Å². The Morgan fingerprint density at radius 2 is 1.20 bits per heavy atom. The second kappa shape index (κ2) is 6.21. The molecule has 0 aliphatic heterocycles. The number of hydrogen-bond donors (Lipinski definition) is 0. The second-order valence-corrected chi connectivity index (χ2v) is 4.97. The smallest absolute Gasteiger partial charge is 0.0130 e. The summed E-state index contributed by atoms with van der Waals surface area (Å²) in [6.07, 6.45) is 0.981. The molecule has 0 nitrogen and oxygen atoms in total. The minimum Gasteiger partial charge on any atom is -0.0622 e. The van der Waals surface area contributed by atoms with E-state index in [2.05, 4.69) is 78.9 Å². The largest absolute Gasteiger partial charge is 0.0622 e. The zero-order chi connectivity index (χ0) is 13.6. The van der Waals surface area contributed by atoms with Crippen LogP contribution in [0.3, 0.4) is 0 Å². The second-order valence-electron chi connectivity index (χ2n) is 4.97. The highest BCUT2D eigenvalue weighted by Gasteiger charge is 2.14. The van der Waals surface area contributed by atoms with Gasteiger partial charge in [-0.15, -0.1) is 0 Å². The molecule has 3 aromatic carbocycles. The van der Waals surface area contributed by atoms with Crippen molar-refractivity contribution in [3.63, 3.8) is 0 Å². The Kier molecular flexibility index (Phi) is 3.93. The molecule has 3 rings (SSSR count). The summed E-state index contributed by atoms with van der Waals surface area (Å²) in [6.45, 7) is 0. The zero-order valence-electron chi connectivity index (χ0n) is 11.4. The van der Waals surface area contributed by atoms with Crippen LogP contribution in [0.2, 0.25) is 0 Å². The number of benzene rings is 3. The van der Waals surface area contributed by atoms with Gasteiger partial charge in [0.1, 0.15) is 0 Å². The maximum atomic E-state index is 3.34. The normalized spacial score (nSPS) is 10.7. The van der Waals surface area contributed by atoms with Gasteiger partial charge < -0.3 is 0 Å². The van der Waals surface area contributed by atoms with E-state index in [0.717, 1.165) is 6.42 Å². The summed E-state index contributed by atoms with van der Waals surface area (Å²) in [5.74, 6) is 0.385. The quantitative estimate of drug-likeness (QED) is 0.626. The first kappa shape index (κ1) is 12.7. The first-order valence-electron chi connectivity index (χ1n) is 6.99. The van der Waals surface area contributed by atoms with E-state index in [4.69, 9.17) is 0 Å². The molecular weight excluding hydrogens is 240 g/mol. The van der Waals surface area contributed by atoms with Crippen LogP contribution in [-0.2, 0) is 6.42 Å². The fourth-order valence-electron chi connectivity index (χ4n) is 2.58. The molecule has 1 radical (unpaired) electrons. The van der Waals surface area contributed by atoms with Crippen LogP contribution in [0.25, 0.3) is 0 Å². The maximum absolute atomic E-state index is 3.34. The van der Waals surface area contributed by atoms with Gasteiger partial charge >= 0.3 is 0 Å². The number of rotatable bonds is 4. The summed E-state index contributed by atoms with van der Waals surface area (Å²) in [4.78, 5) is 0. The molecule has 0 fully saturated rings. The average Bonchev–Trinajstić information content (AvgIpc) is 2.55. The van der Waals surface area contributed by atoms with Crippen LogP contribution >= 0.6 is 0 Å². The molecule has 0 N–H and O–H groups in total. The molecule has 0 aromatic heterocycles. The molecule has 3 aromatic rings. The van der Waals surface area contributed by atoms with Gasteiger partial charge in [0.2, 0.25) is 0 Å². The third-order valence-electron chi connectivity index (χ3n) is 3.60. The van der Waals surface area contributed by atoms with E-state index in [1.54, 1.807) is 0 Å². The van der Waals surface area contributed by atoms with Crippen molar-refractivity contribution in [2.45, 2.75) is 12.3 Å². The number of hydrogen-bond acceptors (Lipinski definition) is 0. The van der Waals surface area contributed by atoms with Gasteiger partial charge in [-0.2, -0.15) is 0 Å². The van der Waals surface area contributed by atoms with E-state index >= 15 is 0 Å². The average molecular weight is 257 g/mol. The Hall–Kier alpha value is -2.34. The maximum Gasteiger partial charge on any atom is 0.0130 e. The summed E-state index contributed by atoms with van der Waals surface area (Å²) in [5.41, 5.74) is 3.97. The van der Waals surface area contributed by atoms with E-state index in [9.17, 15) is 0 Å². The summed E-state index contributed by atoms with van der Waals surface area (Å²) in [5, 5.41) is 0. The van der Waals surface area contributed by atoms with E-state index in [0.29, 0.717) is 5.92 Å². The van der Waals surface area contributed by atoms with Crippen molar-refractivity contribution in [3.05, 3.63) is 108 Å². The van der Waals surface area contributed by atoms with Crippen LogP contribution in [-0.4, -0.2) is 0 Å². The highest BCUT2D eigenvalue weighted by molar-refractivity contribution is 5.34. The fourth-order valence-corrected chi connectivity index (χ4v) is 2.58. The van der Waals surface area contributed by atoms with Crippen molar-refractivity contribution in [3.8, 4) is 0 Å². The Bertz CT molecular complexity index is 587. The highest BCUT2D eigenvalue weighted by Crippen LogP contribution is 2.28. The topological polar surface area (TPSA) is 0 Å². The van der Waals surface area contributed by atoms with E-state index in [-0.39, 0.29) is 0 Å². The monoisotopic (exact) mass is 257 g/mol. The lowest BCUT2D eigenvalue weighted by molar-refractivity contribution is 0.804. The predicted molar refractivity (Wildman–Crippen MR) is 83.7 cm³/mol. The molecule has 0 atom stereocenters. The van der Waals surface area contributed by atoms with Crippen LogP contribution in [0.4, 0.5) is 0 Å². The molecule has 0 aliphatic rings. The van der Waals surface area contributed by atoms with Crippen LogP contribution in [0.5, 0.6) is 0 Å². The molecule has 97 valence electrons. The molecule has 0 bridgehead atoms. The first-order valence-corrected chi connectivity index (χ1v) is 6.99. The molecule has 20 heavy (non-hydrogen) atoms. The summed E-state index contributed by atoms with van der Waals surface area (Å²) in [7, 11) is 0. The highest BCUT2D eigenvalue weighted by atomic mass is 14.2. The van der Waals surface area contributed by atoms with Crippen LogP contribution in [0.15, 0.2) is 84.9 Å². The van der Waals surface area contributed by atoms with E-state index in [1.165, 1.54) is 16.7 Å². The summed E-state index contributed by atoms with van der Waals surface area (Å²) < 4.78 is 0. The third-order valence-corrected chi connectivity index (χ3v) is 3.60. The van der Waals surface area contributed by atoms with Gasteiger partial charge in [-0.3, -0.25) is 0 Å². The minimum absolute atomic E-state index is 0.385. The van der Waals surface area contributed by atoms with Gasteiger partial charge in [0.05, 0.1) is 0 Å². The predicted octanol–water partition coefficient (Wildman–Crippen LogP) is 4.86. The molecule has 0 heterocycles. The Morgan fingerprint density at radius 1 is 0.650 bits per heavy atom. The van der Waals surface area contributed by atoms with Crippen LogP contribution in [0.1, 0.15) is 22.6 Å². The lowest BCUT2D eigenvalue weighted by Crippen LogP contribution is -2.05. The van der Waals surface area contributed by atoms with Gasteiger partial charge in [0.15, 0.2) is 0 Å². The summed E-state index contributed by atoms with van der Waals surface area (Å²) in [6, 6.07) is 33.0. The SMILES string of the molecule is [c]1ccccc1CC(c1ccccc1)c1ccccc1. The Labute approximate surface area is 120 Å². The molecule has 0 heteroatoms. The first-order chi connectivity index (χ1) is 9.93. The third kappa shape index (κ3) is 2.97. The van der Waals surface area contributed by atoms with Gasteiger partial charge in [0.25, 0.3) is 0 Å². The van der Waals surface area contributed by atoms with Crippen LogP contribution < -0.4 is 0 Å². The standard InChI is InChI=1S/C20H17/c1-4-10-17(11-5-1)16-20(18-12-6-2-7-13-18)19-14-8-3-9-15-19/h1-10,12-15,20H,16H2. The minimum atomic E-state index is 0.385. The fraction of sp³-hybridized carbons (Fsp3) is 0.100. The van der Waals surface area contributed by atoms with Crippen molar-refractivity contribution in [2.75, 3.05) is 0 Å². The molecule has 0 spiro atoms. The summed E-state index contributed by atoms with van der Waals surface area (Å²) >= 11 is 0. The Balaban J connectivity index is 1.96. The molecule has 0 aliphatic carbocycles. The van der Waals surface area contributed by atoms with E-state index in [1.807, 2.05) is 12.1 Å². The molecule has 0 saturated heterocycles. The van der Waals surface area contributed by atoms with Crippen molar-refractivity contribution in [1.29, 1.82) is 0 Å². The van der Waals surface area contributed by atoms with Crippen molar-refractivity contribution < 1.29 is 0 Å². The molecule has 0 amide bonds. The molecular formula is C20H17. The van der Waals surface area contributed by atoms with Gasteiger partial charge in [-0.1, -0.05) is 84.9 Å².